The van der Waals surface area contributed by atoms with Crippen molar-refractivity contribution in [2.75, 3.05) is 13.7 Å². The number of ether oxygens (including phenoxy) is 1. The maximum atomic E-state index is 14.3. The monoisotopic (exact) mass is 355 g/mol. The molecule has 0 bridgehead atoms. The van der Waals surface area contributed by atoms with E-state index in [-0.39, 0.29) is 11.6 Å². The molecule has 0 radical (unpaired) electrons. The molecule has 0 amide bonds. The van der Waals surface area contributed by atoms with Gasteiger partial charge in [-0.2, -0.15) is 0 Å². The van der Waals surface area contributed by atoms with E-state index in [2.05, 4.69) is 21.2 Å². The summed E-state index contributed by atoms with van der Waals surface area (Å²) in [6, 6.07) is 8.80. The number of halogens is 3. The Morgan fingerprint density at radius 1 is 1.19 bits per heavy atom. The second-order valence-corrected chi connectivity index (χ2v) is 5.50. The fourth-order valence-corrected chi connectivity index (χ4v) is 2.71. The predicted octanol–water partition coefficient (Wildman–Crippen LogP) is 4.43. The Balaban J connectivity index is 2.47. The largest absolute Gasteiger partial charge is 0.497 e. The van der Waals surface area contributed by atoms with E-state index in [4.69, 9.17) is 4.74 Å². The van der Waals surface area contributed by atoms with Crippen molar-refractivity contribution < 1.29 is 13.5 Å². The molecule has 112 valence electrons. The minimum absolute atomic E-state index is 0.365. The van der Waals surface area contributed by atoms with E-state index in [9.17, 15) is 8.78 Å². The van der Waals surface area contributed by atoms with E-state index in [1.165, 1.54) is 25.3 Å². The van der Waals surface area contributed by atoms with E-state index < -0.39 is 6.04 Å². The Bertz CT molecular complexity index is 613. The van der Waals surface area contributed by atoms with Gasteiger partial charge in [-0.1, -0.05) is 28.9 Å². The SMILES string of the molecule is CCNC(c1cc(F)cc(Br)c1)c1ccc(OC)cc1F. The summed E-state index contributed by atoms with van der Waals surface area (Å²) < 4.78 is 33.5. The third kappa shape index (κ3) is 3.80. The van der Waals surface area contributed by atoms with E-state index in [1.54, 1.807) is 18.2 Å². The van der Waals surface area contributed by atoms with E-state index in [0.717, 1.165) is 0 Å². The summed E-state index contributed by atoms with van der Waals surface area (Å²) >= 11 is 3.26. The number of methoxy groups -OCH3 is 1. The van der Waals surface area contributed by atoms with Crippen LogP contribution >= 0.6 is 15.9 Å². The van der Waals surface area contributed by atoms with Crippen LogP contribution < -0.4 is 10.1 Å². The van der Waals surface area contributed by atoms with Crippen molar-refractivity contribution in [1.29, 1.82) is 0 Å². The van der Waals surface area contributed by atoms with Crippen LogP contribution in [0.5, 0.6) is 5.75 Å². The zero-order valence-corrected chi connectivity index (χ0v) is 13.4. The second-order valence-electron chi connectivity index (χ2n) is 4.58. The highest BCUT2D eigenvalue weighted by Gasteiger charge is 2.18. The lowest BCUT2D eigenvalue weighted by Gasteiger charge is -2.20. The molecule has 0 spiro atoms. The average Bonchev–Trinajstić information content (AvgIpc) is 2.44. The standard InChI is InChI=1S/C16H16BrF2NO/c1-3-20-16(10-6-11(17)8-12(18)7-10)14-5-4-13(21-2)9-15(14)19/h4-9,16,20H,3H2,1-2H3. The molecule has 0 fully saturated rings. The van der Waals surface area contributed by atoms with E-state index >= 15 is 0 Å². The van der Waals surface area contributed by atoms with Crippen molar-refractivity contribution in [3.05, 3.63) is 63.6 Å². The molecule has 0 saturated heterocycles. The second kappa shape index (κ2) is 7.00. The molecule has 21 heavy (non-hydrogen) atoms. The molecule has 2 nitrogen and oxygen atoms in total. The van der Waals surface area contributed by atoms with Gasteiger partial charge in [0.25, 0.3) is 0 Å². The zero-order chi connectivity index (χ0) is 15.4. The Kier molecular flexibility index (Phi) is 5.31. The molecule has 2 aromatic rings. The number of nitrogens with one attached hydrogen (secondary N) is 1. The van der Waals surface area contributed by atoms with Crippen LogP contribution in [0.1, 0.15) is 24.1 Å². The number of rotatable bonds is 5. The Hall–Kier alpha value is -1.46. The highest BCUT2D eigenvalue weighted by atomic mass is 79.9. The molecule has 5 heteroatoms. The summed E-state index contributed by atoms with van der Waals surface area (Å²) in [7, 11) is 1.49. The minimum Gasteiger partial charge on any atom is -0.497 e. The number of benzene rings is 2. The van der Waals surface area contributed by atoms with Crippen molar-refractivity contribution in [2.45, 2.75) is 13.0 Å². The predicted molar refractivity (Wildman–Crippen MR) is 82.6 cm³/mol. The van der Waals surface area contributed by atoms with Crippen molar-refractivity contribution in [3.8, 4) is 5.75 Å². The molecule has 1 atom stereocenters. The molecule has 2 rings (SSSR count). The van der Waals surface area contributed by atoms with Crippen molar-refractivity contribution >= 4 is 15.9 Å². The normalized spacial score (nSPS) is 12.2. The van der Waals surface area contributed by atoms with Gasteiger partial charge in [0.15, 0.2) is 0 Å². The summed E-state index contributed by atoms with van der Waals surface area (Å²) in [5.74, 6) is -0.302. The van der Waals surface area contributed by atoms with Crippen molar-refractivity contribution in [1.82, 2.24) is 5.32 Å². The fourth-order valence-electron chi connectivity index (χ4n) is 2.22. The molecule has 1 N–H and O–H groups in total. The lowest BCUT2D eigenvalue weighted by Crippen LogP contribution is -2.23. The van der Waals surface area contributed by atoms with Crippen LogP contribution in [0.3, 0.4) is 0 Å². The first kappa shape index (κ1) is 15.9. The first-order valence-electron chi connectivity index (χ1n) is 6.58. The van der Waals surface area contributed by atoms with Gasteiger partial charge in [-0.25, -0.2) is 8.78 Å². The topological polar surface area (TPSA) is 21.3 Å². The van der Waals surface area contributed by atoms with Crippen LogP contribution in [0, 0.1) is 11.6 Å². The first-order chi connectivity index (χ1) is 10.0. The van der Waals surface area contributed by atoms with E-state index in [0.29, 0.717) is 27.9 Å². The van der Waals surface area contributed by atoms with Gasteiger partial charge in [0.2, 0.25) is 0 Å². The van der Waals surface area contributed by atoms with Gasteiger partial charge >= 0.3 is 0 Å². The summed E-state index contributed by atoms with van der Waals surface area (Å²) in [6.45, 7) is 2.55. The summed E-state index contributed by atoms with van der Waals surface area (Å²) in [6.07, 6.45) is 0. The maximum absolute atomic E-state index is 14.3. The molecule has 2 aromatic carbocycles. The fraction of sp³-hybridized carbons (Fsp3) is 0.250. The van der Waals surface area contributed by atoms with Gasteiger partial charge in [-0.05, 0) is 36.4 Å². The quantitative estimate of drug-likeness (QED) is 0.856. The molecule has 0 aliphatic heterocycles. The van der Waals surface area contributed by atoms with Gasteiger partial charge in [0.1, 0.15) is 17.4 Å². The molecular weight excluding hydrogens is 340 g/mol. The lowest BCUT2D eigenvalue weighted by molar-refractivity contribution is 0.410. The van der Waals surface area contributed by atoms with Gasteiger partial charge < -0.3 is 10.1 Å². The van der Waals surface area contributed by atoms with Gasteiger partial charge in [0.05, 0.1) is 13.2 Å². The van der Waals surface area contributed by atoms with Crippen LogP contribution in [-0.4, -0.2) is 13.7 Å². The van der Waals surface area contributed by atoms with Crippen LogP contribution in [-0.2, 0) is 0 Å². The first-order valence-corrected chi connectivity index (χ1v) is 7.37. The molecule has 1 unspecified atom stereocenters. The molecular formula is C16H16BrF2NO. The molecule has 0 saturated carbocycles. The highest BCUT2D eigenvalue weighted by Crippen LogP contribution is 2.29. The van der Waals surface area contributed by atoms with Crippen LogP contribution in [0.25, 0.3) is 0 Å². The average molecular weight is 356 g/mol. The third-order valence-corrected chi connectivity index (χ3v) is 3.60. The summed E-state index contributed by atoms with van der Waals surface area (Å²) in [5, 5.41) is 3.18. The summed E-state index contributed by atoms with van der Waals surface area (Å²) in [4.78, 5) is 0. The van der Waals surface area contributed by atoms with Crippen molar-refractivity contribution in [3.63, 3.8) is 0 Å². The third-order valence-electron chi connectivity index (χ3n) is 3.15. The van der Waals surface area contributed by atoms with Gasteiger partial charge in [-0.3, -0.25) is 0 Å². The van der Waals surface area contributed by atoms with Crippen LogP contribution in [0.2, 0.25) is 0 Å². The molecule has 0 aliphatic rings. The highest BCUT2D eigenvalue weighted by molar-refractivity contribution is 9.10. The van der Waals surface area contributed by atoms with Crippen molar-refractivity contribution in [2.24, 2.45) is 0 Å². The Morgan fingerprint density at radius 2 is 1.95 bits per heavy atom. The number of hydrogen-bond acceptors (Lipinski definition) is 2. The van der Waals surface area contributed by atoms with Gasteiger partial charge in [-0.15, -0.1) is 0 Å². The lowest BCUT2D eigenvalue weighted by atomic mass is 9.98. The molecule has 0 heterocycles. The number of hydrogen-bond donors (Lipinski definition) is 1. The summed E-state index contributed by atoms with van der Waals surface area (Å²) in [5.41, 5.74) is 1.11. The molecule has 0 aliphatic carbocycles. The smallest absolute Gasteiger partial charge is 0.132 e. The van der Waals surface area contributed by atoms with Gasteiger partial charge in [0, 0.05) is 16.1 Å². The van der Waals surface area contributed by atoms with Crippen LogP contribution in [0.15, 0.2) is 40.9 Å². The van der Waals surface area contributed by atoms with E-state index in [1.807, 2.05) is 6.92 Å². The minimum atomic E-state index is -0.423. The zero-order valence-electron chi connectivity index (χ0n) is 11.8. The maximum Gasteiger partial charge on any atom is 0.132 e. The van der Waals surface area contributed by atoms with Crippen LogP contribution in [0.4, 0.5) is 8.78 Å². The Morgan fingerprint density at radius 3 is 2.52 bits per heavy atom. The molecule has 0 aromatic heterocycles. The Labute approximate surface area is 131 Å².